The number of nitrogens with zero attached hydrogens (tertiary/aromatic N) is 13. The molecule has 0 bridgehead atoms. The molecule has 0 aromatic heterocycles. The molecule has 10 aromatic carbocycles. The number of benzene rings is 10. The van der Waals surface area contributed by atoms with Gasteiger partial charge in [-0.2, -0.15) is 0 Å². The molecule has 10 aromatic rings. The summed E-state index contributed by atoms with van der Waals surface area (Å²) in [6.45, 7) is 3.56. The van der Waals surface area contributed by atoms with Crippen molar-refractivity contribution >= 4 is 118 Å². The maximum absolute atomic E-state index is 7.90. The third-order valence-electron chi connectivity index (χ3n) is 15.3. The van der Waals surface area contributed by atoms with Crippen LogP contribution < -0.4 is 112 Å². The van der Waals surface area contributed by atoms with Crippen LogP contribution in [0.5, 0.6) is 0 Å². The van der Waals surface area contributed by atoms with Crippen molar-refractivity contribution in [2.75, 3.05) is 65.2 Å². The van der Waals surface area contributed by atoms with Gasteiger partial charge in [0.1, 0.15) is 0 Å². The number of nitrogens with one attached hydrogen (secondary N) is 14. The minimum Gasteiger partial charge on any atom is -0.387 e. The van der Waals surface area contributed by atoms with Gasteiger partial charge in [0.15, 0.2) is 41.7 Å². The van der Waals surface area contributed by atoms with Gasteiger partial charge in [0.05, 0.1) is 88.5 Å². The van der Waals surface area contributed by atoms with Crippen molar-refractivity contribution in [2.45, 2.75) is 133 Å². The molecule has 0 heterocycles. The molecular formula is C110H160N40. The van der Waals surface area contributed by atoms with Gasteiger partial charge in [-0.3, -0.25) is 87.8 Å². The van der Waals surface area contributed by atoms with Gasteiger partial charge >= 0.3 is 0 Å². The molecule has 800 valence electrons. The first kappa shape index (κ1) is 84.9. The summed E-state index contributed by atoms with van der Waals surface area (Å²) < 4.78 is 239. The molecule has 0 aliphatic carbocycles. The standard InChI is InChI=1S/10C11H16N4/c10*1-9(12)15-11(13)14-8-7-10-5-3-2-4-6-10/h10*2-6H,7-8H2,1H3,(H4,12,13,14,15)/i3D,7D,8D;3D,6D,7D;3D,5D,8D;3D,5D,7D;3D,4D,7D;7D2,8D2;7D2,8D;7D,8D2;5D,8D2;3D,8D2. The van der Waals surface area contributed by atoms with Crippen LogP contribution >= 0.6 is 0 Å². The molecular weight excluding hydrogens is 1880 g/mol. The first-order valence-electron chi connectivity index (χ1n) is 61.0. The molecule has 40 heteroatoms. The maximum Gasteiger partial charge on any atom is 0.216 e. The molecule has 0 spiro atoms. The second-order valence-corrected chi connectivity index (χ2v) is 29.3. The zero-order valence-electron chi connectivity index (χ0n) is 116. The summed E-state index contributed by atoms with van der Waals surface area (Å²) >= 11 is 0. The third-order valence-corrected chi connectivity index (χ3v) is 15.3. The van der Waals surface area contributed by atoms with Crippen LogP contribution in [0.1, 0.15) is 167 Å². The van der Waals surface area contributed by atoms with E-state index in [1.807, 2.05) is 0 Å². The van der Waals surface area contributed by atoms with Crippen molar-refractivity contribution < 1.29 is 42.5 Å². The second-order valence-electron chi connectivity index (χ2n) is 29.3. The van der Waals surface area contributed by atoms with E-state index in [-0.39, 0.29) is 211 Å². The molecule has 0 amide bonds. The molecule has 10 rings (SSSR count). The van der Waals surface area contributed by atoms with E-state index in [1.54, 1.807) is 170 Å². The highest BCUT2D eigenvalue weighted by Gasteiger charge is 2.04. The number of aliphatic imine (C=N–C) groups is 13. The molecule has 0 fully saturated rings. The summed E-state index contributed by atoms with van der Waals surface area (Å²) in [5, 5.41) is 67.5. The number of hydrogen-bond acceptors (Lipinski definition) is 17. The highest BCUT2D eigenvalue weighted by atomic mass is 15.2. The molecule has 8 atom stereocenters. The van der Waals surface area contributed by atoms with Gasteiger partial charge in [-0.15, -0.1) is 0 Å². The Morgan fingerprint density at radius 1 is 0.220 bits per heavy atom. The van der Waals surface area contributed by atoms with Crippen LogP contribution in [0.4, 0.5) is 0 Å². The van der Waals surface area contributed by atoms with Crippen molar-refractivity contribution in [1.82, 2.24) is 37.2 Å². The number of aryl methyl sites for hydroxylation is 7. The summed E-state index contributed by atoms with van der Waals surface area (Å²) in [6.07, 6.45) is -8.32. The zero-order valence-corrected chi connectivity index (χ0v) is 85.2. The van der Waals surface area contributed by atoms with E-state index in [0.717, 1.165) is 0 Å². The first-order valence-corrected chi connectivity index (χ1v) is 44.9. The van der Waals surface area contributed by atoms with Gasteiger partial charge in [-0.25, -0.2) is 15.0 Å². The van der Waals surface area contributed by atoms with Crippen LogP contribution in [-0.4, -0.2) is 183 Å². The number of amidine groups is 10. The topological polar surface area (TPSA) is 750 Å². The highest BCUT2D eigenvalue weighted by molar-refractivity contribution is 6.00. The van der Waals surface area contributed by atoms with Crippen molar-refractivity contribution in [3.63, 3.8) is 0 Å². The Morgan fingerprint density at radius 2 is 0.493 bits per heavy atom. The number of hydrogen-bond donors (Lipinski definition) is 27. The molecule has 0 saturated heterocycles. The molecule has 0 aliphatic rings. The largest absolute Gasteiger partial charge is 0.387 e. The smallest absolute Gasteiger partial charge is 0.216 e. The molecule has 8 unspecified atom stereocenters. The lowest BCUT2D eigenvalue weighted by atomic mass is 10.2. The van der Waals surface area contributed by atoms with Gasteiger partial charge in [0, 0.05) is 77.5 Å². The van der Waals surface area contributed by atoms with Crippen molar-refractivity contribution in [1.29, 1.82) is 37.9 Å². The van der Waals surface area contributed by atoms with E-state index in [4.69, 9.17) is 155 Å². The second kappa shape index (κ2) is 84.0. The number of nitrogens with two attached hydrogens (primary N) is 13. The number of guanidine groups is 10. The fraction of sp³-hybridized carbons (Fsp3) is 0.273. The van der Waals surface area contributed by atoms with Crippen LogP contribution in [-0.2, 0) is 64.0 Å². The minimum absolute atomic E-state index is 0.0102. The Kier molecular flexibility index (Phi) is 47.5. The lowest BCUT2D eigenvalue weighted by Gasteiger charge is -2.02. The van der Waals surface area contributed by atoms with Gasteiger partial charge in [-0.05, 0) is 189 Å². The quantitative estimate of drug-likeness (QED) is 0.0147. The summed E-state index contributed by atoms with van der Waals surface area (Å²) in [6, 6.07) is 65.6. The highest BCUT2D eigenvalue weighted by Crippen LogP contribution is 2.08. The van der Waals surface area contributed by atoms with Crippen LogP contribution in [0.15, 0.2) is 368 Å². The lowest BCUT2D eigenvalue weighted by Crippen LogP contribution is -2.35. The minimum atomic E-state index is -2.56. The summed E-state index contributed by atoms with van der Waals surface area (Å²) in [5.74, 6) is 0.571. The van der Waals surface area contributed by atoms with Crippen LogP contribution in [0.3, 0.4) is 0 Å². The van der Waals surface area contributed by atoms with E-state index >= 15 is 0 Å². The van der Waals surface area contributed by atoms with E-state index in [2.05, 4.69) is 102 Å². The van der Waals surface area contributed by atoms with Crippen LogP contribution in [0.25, 0.3) is 0 Å². The predicted octanol–water partition coefficient (Wildman–Crippen LogP) is 10.7. The molecule has 40 N–H and O–H groups in total. The van der Waals surface area contributed by atoms with E-state index < -0.39 is 96.2 Å². The fourth-order valence-electron chi connectivity index (χ4n) is 9.46. The zero-order chi connectivity index (χ0) is 138. The maximum atomic E-state index is 7.90. The molecule has 150 heavy (non-hydrogen) atoms. The summed E-state index contributed by atoms with van der Waals surface area (Å²) in [7, 11) is 0. The number of rotatable bonds is 30. The predicted molar refractivity (Wildman–Crippen MR) is 634 cm³/mol. The fourth-order valence-corrected chi connectivity index (χ4v) is 9.46. The van der Waals surface area contributed by atoms with Crippen LogP contribution in [0.2, 0.25) is 0 Å². The van der Waals surface area contributed by atoms with Gasteiger partial charge in [0.25, 0.3) is 0 Å². The van der Waals surface area contributed by atoms with E-state index in [0.29, 0.717) is 62.2 Å². The van der Waals surface area contributed by atoms with Crippen molar-refractivity contribution in [2.24, 2.45) is 139 Å². The van der Waals surface area contributed by atoms with Gasteiger partial charge in [-0.1, -0.05) is 303 Å². The summed E-state index contributed by atoms with van der Waals surface area (Å²) in [5.41, 5.74) is 75.5. The Labute approximate surface area is 929 Å². The monoisotopic (exact) mass is 2070 g/mol. The molecule has 0 radical (unpaired) electrons. The lowest BCUT2D eigenvalue weighted by molar-refractivity contribution is 0.955. The average Bonchev–Trinajstić information content (AvgIpc) is 0.780. The molecule has 0 aliphatic heterocycles. The van der Waals surface area contributed by atoms with Crippen LogP contribution in [0, 0.1) is 37.9 Å². The Balaban J connectivity index is 0.00000101. The Bertz CT molecular complexity index is 7560. The SMILES string of the molecule is [2H]C(N=C(N)N=C(C)N)C([2H])([2H])c1ccccc1.[2H]C([2H])(N=C(N)N=C(C)N)C([2H])([2H])c1ccccc1.[2H]C(c1ccccc1)C([2H])([2H])N=C(N)N=C(C)N.[2H]c1cc([2H])cc(C([2H])CN=C(N)NC(C)=N)c1.[2H]c1ccc([2H])c(C([2H])CN=C(N)NC(C)=N)c1.[2H]c1cccc(C([2H])C([2H])N=C(N)NC(C)=N)c1.[2H]c1cccc(C([2H])CN=C(N)NC(C)=N)c1[2H].[2H]c1cccc(CC([2H])([2H])N=C(N)NC(C)=N)c1.[2H]c1cccc(CC([2H])N=C(N)NC(C)=N)c1[2H].[2H]c1ccccc1CC([2H])([2H])N=C(N)NC(C)=N. The average molecular weight is 2070 g/mol. The van der Waals surface area contributed by atoms with E-state index in [1.165, 1.54) is 136 Å². The van der Waals surface area contributed by atoms with Crippen molar-refractivity contribution in [3.05, 3.63) is 359 Å². The normalized spacial score (nSPS) is 16.9. The van der Waals surface area contributed by atoms with Gasteiger partial charge < -0.3 is 112 Å². The first-order chi connectivity index (χ1) is 83.9. The van der Waals surface area contributed by atoms with Gasteiger partial charge in [0.2, 0.25) is 17.9 Å². The Hall–Kier alpha value is -18.4. The Morgan fingerprint density at radius 3 is 0.927 bits per heavy atom. The third kappa shape index (κ3) is 82.1. The van der Waals surface area contributed by atoms with E-state index in [9.17, 15) is 0 Å². The molecule has 40 nitrogen and oxygen atoms in total. The molecule has 0 saturated carbocycles. The summed E-state index contributed by atoms with van der Waals surface area (Å²) in [4.78, 5) is 48.4. The van der Waals surface area contributed by atoms with Crippen molar-refractivity contribution in [3.8, 4) is 0 Å².